The van der Waals surface area contributed by atoms with Crippen LogP contribution < -0.4 is 11.2 Å². The van der Waals surface area contributed by atoms with Gasteiger partial charge in [0.25, 0.3) is 5.56 Å². The van der Waals surface area contributed by atoms with Gasteiger partial charge in [-0.25, -0.2) is 4.79 Å². The highest BCUT2D eigenvalue weighted by molar-refractivity contribution is 6.80. The maximum Gasteiger partial charge on any atom is 0.330 e. The third kappa shape index (κ3) is 3.58. The first-order chi connectivity index (χ1) is 11.2. The second kappa shape index (κ2) is 6.27. The number of hydrogen-bond acceptors (Lipinski definition) is 5. The zero-order valence-electron chi connectivity index (χ0n) is 15.5. The van der Waals surface area contributed by atoms with Crippen molar-refractivity contribution in [1.82, 2.24) is 9.55 Å². The van der Waals surface area contributed by atoms with Gasteiger partial charge in [-0.2, -0.15) is 4.39 Å². The number of hydrogen-bond donors (Lipinski definition) is 3. The fourth-order valence-electron chi connectivity index (χ4n) is 3.07. The Morgan fingerprint density at radius 1 is 1.32 bits per heavy atom. The highest BCUT2D eigenvalue weighted by atomic mass is 28.3. The minimum absolute atomic E-state index is 0.0559. The van der Waals surface area contributed by atoms with Crippen LogP contribution in [0.1, 0.15) is 12.6 Å². The first-order valence-electron chi connectivity index (χ1n) is 8.25. The predicted molar refractivity (Wildman–Crippen MR) is 97.5 cm³/mol. The van der Waals surface area contributed by atoms with Crippen LogP contribution in [0.5, 0.6) is 0 Å². The second-order valence-electron chi connectivity index (χ2n) is 8.84. The lowest BCUT2D eigenvalue weighted by atomic mass is 10.1. The maximum atomic E-state index is 13.6. The fourth-order valence-corrected chi connectivity index (χ4v) is 6.37. The molecule has 0 saturated carbocycles. The Labute approximate surface area is 147 Å². The van der Waals surface area contributed by atoms with Crippen molar-refractivity contribution in [2.24, 2.45) is 0 Å². The van der Waals surface area contributed by atoms with Gasteiger partial charge in [0.15, 0.2) is 0 Å². The van der Waals surface area contributed by atoms with Gasteiger partial charge in [0.05, 0.1) is 33.3 Å². The Morgan fingerprint density at radius 3 is 2.36 bits per heavy atom. The number of aromatic amines is 1. The van der Waals surface area contributed by atoms with E-state index in [0.29, 0.717) is 0 Å². The van der Waals surface area contributed by atoms with E-state index < -0.39 is 56.5 Å². The van der Waals surface area contributed by atoms with Crippen molar-refractivity contribution in [3.05, 3.63) is 32.9 Å². The molecule has 0 spiro atoms. The van der Waals surface area contributed by atoms with Crippen LogP contribution in [0.3, 0.4) is 0 Å². The number of aliphatic hydroxyl groups excluding tert-OH is 1. The summed E-state index contributed by atoms with van der Waals surface area (Å²) in [7, 11) is -4.34. The molecule has 1 fully saturated rings. The Bertz CT molecular complexity index is 767. The Balaban J connectivity index is 2.52. The highest BCUT2D eigenvalue weighted by Gasteiger charge is 2.59. The van der Waals surface area contributed by atoms with E-state index in [1.807, 2.05) is 44.3 Å². The molecule has 4 atom stereocenters. The van der Waals surface area contributed by atoms with Crippen molar-refractivity contribution in [2.45, 2.75) is 69.0 Å². The summed E-state index contributed by atoms with van der Waals surface area (Å²) in [5, 5.41) is 20.9. The molecular formula is C15H27FN2O5Si2. The molecule has 1 aromatic heterocycles. The first-order valence-corrected chi connectivity index (χ1v) is 15.3. The van der Waals surface area contributed by atoms with Gasteiger partial charge >= 0.3 is 5.69 Å². The summed E-state index contributed by atoms with van der Waals surface area (Å²) in [4.78, 5) is 25.2. The number of aromatic nitrogens is 2. The quantitative estimate of drug-likeness (QED) is 0.660. The number of nitrogens with one attached hydrogen (secondary N) is 1. The molecule has 1 aliphatic rings. The summed E-state index contributed by atoms with van der Waals surface area (Å²) in [5.41, 5.74) is -2.76. The van der Waals surface area contributed by atoms with Crippen LogP contribution in [0.4, 0.5) is 4.39 Å². The molecule has 0 amide bonds. The van der Waals surface area contributed by atoms with Gasteiger partial charge in [-0.05, 0) is 0 Å². The van der Waals surface area contributed by atoms with Crippen LogP contribution in [-0.2, 0) is 4.74 Å². The average Bonchev–Trinajstić information content (AvgIpc) is 2.79. The molecule has 1 aliphatic heterocycles. The highest BCUT2D eigenvalue weighted by Crippen LogP contribution is 2.44. The lowest BCUT2D eigenvalue weighted by Crippen LogP contribution is -2.64. The summed E-state index contributed by atoms with van der Waals surface area (Å²) in [6.07, 6.45) is -0.968. The van der Waals surface area contributed by atoms with Crippen LogP contribution in [0.25, 0.3) is 0 Å². The van der Waals surface area contributed by atoms with Gasteiger partial charge in [-0.15, -0.1) is 0 Å². The Hall–Kier alpha value is -1.08. The molecule has 1 aromatic rings. The maximum absolute atomic E-state index is 13.6. The monoisotopic (exact) mass is 390 g/mol. The van der Waals surface area contributed by atoms with E-state index >= 15 is 0 Å². The van der Waals surface area contributed by atoms with Crippen molar-refractivity contribution >= 4 is 16.1 Å². The molecule has 2 rings (SSSR count). The SMILES string of the molecule is C[Si](C)(C)C(O)[C@H]1O[C@@H](n2cc(F)c(=O)[nH]c2=O)C[C@@]1(O)[Si](C)(C)C. The van der Waals surface area contributed by atoms with Crippen molar-refractivity contribution in [1.29, 1.82) is 0 Å². The lowest BCUT2D eigenvalue weighted by Gasteiger charge is -2.43. The number of rotatable bonds is 4. The molecule has 2 heterocycles. The topological polar surface area (TPSA) is 105 Å². The number of H-pyrrole nitrogens is 1. The molecule has 3 N–H and O–H groups in total. The van der Waals surface area contributed by atoms with E-state index in [1.54, 1.807) is 0 Å². The number of ether oxygens (including phenoxy) is 1. The molecule has 0 radical (unpaired) electrons. The standard InChI is InChI=1S/C15H27FN2O5Si2/c1-24(2,3)13(20)11-15(22,25(4,5)6)7-10(23-11)18-8-9(16)12(19)17-14(18)21/h8,10-11,13,20,22H,7H2,1-6H3,(H,17,19,21)/t10-,11-,13?,15-/m1/s1. The Kier molecular flexibility index (Phi) is 5.07. The van der Waals surface area contributed by atoms with Gasteiger partial charge in [0.2, 0.25) is 5.82 Å². The first kappa shape index (κ1) is 20.2. The van der Waals surface area contributed by atoms with E-state index in [9.17, 15) is 24.2 Å². The van der Waals surface area contributed by atoms with Gasteiger partial charge in [0.1, 0.15) is 12.3 Å². The molecule has 25 heavy (non-hydrogen) atoms. The summed E-state index contributed by atoms with van der Waals surface area (Å²) in [6.45, 7) is 11.8. The predicted octanol–water partition coefficient (Wildman–Crippen LogP) is 0.810. The van der Waals surface area contributed by atoms with Crippen LogP contribution in [-0.4, -0.2) is 53.0 Å². The third-order valence-corrected chi connectivity index (χ3v) is 10.1. The summed E-state index contributed by atoms with van der Waals surface area (Å²) in [6, 6.07) is 0. The molecule has 7 nitrogen and oxygen atoms in total. The molecule has 142 valence electrons. The zero-order valence-corrected chi connectivity index (χ0v) is 17.5. The van der Waals surface area contributed by atoms with Crippen molar-refractivity contribution in [2.75, 3.05) is 0 Å². The van der Waals surface area contributed by atoms with Crippen LogP contribution >= 0.6 is 0 Å². The molecule has 0 aromatic carbocycles. The molecule has 1 saturated heterocycles. The minimum atomic E-state index is -2.26. The van der Waals surface area contributed by atoms with Crippen LogP contribution in [0.2, 0.25) is 39.3 Å². The summed E-state index contributed by atoms with van der Waals surface area (Å²) < 4.78 is 20.5. The average molecular weight is 391 g/mol. The zero-order chi connectivity index (χ0) is 19.4. The Morgan fingerprint density at radius 2 is 1.88 bits per heavy atom. The van der Waals surface area contributed by atoms with Crippen molar-refractivity contribution < 1.29 is 19.3 Å². The van der Waals surface area contributed by atoms with E-state index in [-0.39, 0.29) is 6.42 Å². The van der Waals surface area contributed by atoms with E-state index in [0.717, 1.165) is 10.8 Å². The van der Waals surface area contributed by atoms with Gasteiger partial charge in [0, 0.05) is 6.42 Å². The number of halogens is 1. The van der Waals surface area contributed by atoms with Gasteiger partial charge in [-0.3, -0.25) is 14.3 Å². The molecular weight excluding hydrogens is 363 g/mol. The van der Waals surface area contributed by atoms with Crippen molar-refractivity contribution in [3.63, 3.8) is 0 Å². The number of aliphatic hydroxyl groups is 2. The number of nitrogens with zero attached hydrogens (tertiary/aromatic N) is 1. The van der Waals surface area contributed by atoms with Crippen LogP contribution in [0, 0.1) is 5.82 Å². The minimum Gasteiger partial charge on any atom is -0.394 e. The molecule has 0 bridgehead atoms. The normalized spacial score (nSPS) is 29.0. The van der Waals surface area contributed by atoms with E-state index in [4.69, 9.17) is 4.74 Å². The largest absolute Gasteiger partial charge is 0.394 e. The fraction of sp³-hybridized carbons (Fsp3) is 0.733. The summed E-state index contributed by atoms with van der Waals surface area (Å²) >= 11 is 0. The molecule has 1 unspecified atom stereocenters. The van der Waals surface area contributed by atoms with Crippen molar-refractivity contribution in [3.8, 4) is 0 Å². The van der Waals surface area contributed by atoms with Gasteiger partial charge < -0.3 is 14.9 Å². The third-order valence-electron chi connectivity index (χ3n) is 4.97. The van der Waals surface area contributed by atoms with E-state index in [2.05, 4.69) is 0 Å². The second-order valence-corrected chi connectivity index (χ2v) is 19.5. The molecule has 10 heteroatoms. The van der Waals surface area contributed by atoms with E-state index in [1.165, 1.54) is 0 Å². The van der Waals surface area contributed by atoms with Crippen LogP contribution in [0.15, 0.2) is 15.8 Å². The van der Waals surface area contributed by atoms with Gasteiger partial charge in [-0.1, -0.05) is 39.3 Å². The summed E-state index contributed by atoms with van der Waals surface area (Å²) in [5.74, 6) is -1.10. The lowest BCUT2D eigenvalue weighted by molar-refractivity contribution is -0.0746. The molecule has 0 aliphatic carbocycles. The smallest absolute Gasteiger partial charge is 0.330 e.